The second-order valence-electron chi connectivity index (χ2n) is 10.1. The topological polar surface area (TPSA) is 86.3 Å². The predicted octanol–water partition coefficient (Wildman–Crippen LogP) is 5.58. The fraction of sp³-hybridized carbons (Fsp3) is 0.235. The molecule has 4 aromatic rings. The van der Waals surface area contributed by atoms with Gasteiger partial charge in [-0.05, 0) is 58.7 Å². The molecule has 1 aliphatic heterocycles. The summed E-state index contributed by atoms with van der Waals surface area (Å²) in [5.74, 6) is 1.94. The van der Waals surface area contributed by atoms with Gasteiger partial charge in [0.25, 0.3) is 0 Å². The monoisotopic (exact) mass is 600 g/mol. The van der Waals surface area contributed by atoms with E-state index in [2.05, 4.69) is 5.32 Å². The number of ether oxygens (including phenoxy) is 4. The number of methoxy groups -OCH3 is 2. The fourth-order valence-corrected chi connectivity index (χ4v) is 5.09. The van der Waals surface area contributed by atoms with Gasteiger partial charge in [0.15, 0.2) is 23.0 Å². The number of fused-ring (bicyclic) bond motifs is 1. The molecular formula is C34H33ClN2O6. The number of rotatable bonds is 12. The lowest BCUT2D eigenvalue weighted by Crippen LogP contribution is -2.50. The van der Waals surface area contributed by atoms with E-state index in [1.54, 1.807) is 43.4 Å². The SMILES string of the molecule is COc1ccc(CC(=O)N(Cc2ccc(Cl)cc2)C(Cc2ccccc2)C(=O)NCc2ccc3c(c2)OCO3)cc1OC. The van der Waals surface area contributed by atoms with Crippen LogP contribution in [0, 0.1) is 0 Å². The van der Waals surface area contributed by atoms with Crippen molar-refractivity contribution in [3.8, 4) is 23.0 Å². The van der Waals surface area contributed by atoms with Crippen molar-refractivity contribution in [2.45, 2.75) is 32.0 Å². The molecule has 0 saturated heterocycles. The third-order valence-electron chi connectivity index (χ3n) is 7.24. The predicted molar refractivity (Wildman–Crippen MR) is 164 cm³/mol. The molecule has 9 heteroatoms. The molecule has 2 amide bonds. The molecule has 1 aliphatic rings. The number of halogens is 1. The molecule has 8 nitrogen and oxygen atoms in total. The fourth-order valence-electron chi connectivity index (χ4n) is 4.97. The lowest BCUT2D eigenvalue weighted by atomic mass is 10.0. The summed E-state index contributed by atoms with van der Waals surface area (Å²) in [6.07, 6.45) is 0.397. The van der Waals surface area contributed by atoms with Gasteiger partial charge in [-0.3, -0.25) is 9.59 Å². The molecule has 1 unspecified atom stereocenters. The van der Waals surface area contributed by atoms with Crippen molar-refractivity contribution in [1.82, 2.24) is 10.2 Å². The van der Waals surface area contributed by atoms with Crippen LogP contribution in [-0.4, -0.2) is 43.8 Å². The van der Waals surface area contributed by atoms with Crippen molar-refractivity contribution in [2.24, 2.45) is 0 Å². The van der Waals surface area contributed by atoms with E-state index in [1.807, 2.05) is 66.7 Å². The van der Waals surface area contributed by atoms with Crippen LogP contribution in [0.5, 0.6) is 23.0 Å². The van der Waals surface area contributed by atoms with Crippen molar-refractivity contribution in [3.05, 3.63) is 118 Å². The van der Waals surface area contributed by atoms with Crippen LogP contribution in [0.15, 0.2) is 91.0 Å². The van der Waals surface area contributed by atoms with E-state index < -0.39 is 6.04 Å². The van der Waals surface area contributed by atoms with Gasteiger partial charge in [0.2, 0.25) is 18.6 Å². The summed E-state index contributed by atoms with van der Waals surface area (Å²) in [6.45, 7) is 0.657. The van der Waals surface area contributed by atoms with E-state index in [9.17, 15) is 9.59 Å². The van der Waals surface area contributed by atoms with Crippen LogP contribution in [0.3, 0.4) is 0 Å². The summed E-state index contributed by atoms with van der Waals surface area (Å²) in [7, 11) is 3.11. The number of hydrogen-bond acceptors (Lipinski definition) is 6. The summed E-state index contributed by atoms with van der Waals surface area (Å²) in [6, 6.07) is 27.1. The Kier molecular flexibility index (Phi) is 9.69. The van der Waals surface area contributed by atoms with E-state index in [1.165, 1.54) is 0 Å². The highest BCUT2D eigenvalue weighted by atomic mass is 35.5. The first kappa shape index (κ1) is 29.8. The standard InChI is InChI=1S/C34H33ClN2O6/c1-40-29-14-10-25(17-31(29)41-2)19-33(38)37(21-24-8-12-27(35)13-9-24)28(16-23-6-4-3-5-7-23)34(39)36-20-26-11-15-30-32(18-26)43-22-42-30/h3-15,17-18,28H,16,19-22H2,1-2H3,(H,36,39). The van der Waals surface area contributed by atoms with Gasteiger partial charge in [0, 0.05) is 24.5 Å². The summed E-state index contributed by atoms with van der Waals surface area (Å²) < 4.78 is 21.7. The number of benzene rings is 4. The molecular weight excluding hydrogens is 568 g/mol. The molecule has 222 valence electrons. The lowest BCUT2D eigenvalue weighted by molar-refractivity contribution is -0.140. The number of nitrogens with zero attached hydrogens (tertiary/aromatic N) is 1. The number of hydrogen-bond donors (Lipinski definition) is 1. The Morgan fingerprint density at radius 2 is 1.51 bits per heavy atom. The van der Waals surface area contributed by atoms with Crippen LogP contribution in [0.4, 0.5) is 0 Å². The van der Waals surface area contributed by atoms with Gasteiger partial charge in [-0.25, -0.2) is 0 Å². The molecule has 1 N–H and O–H groups in total. The van der Waals surface area contributed by atoms with Crippen LogP contribution in [0.25, 0.3) is 0 Å². The molecule has 0 saturated carbocycles. The van der Waals surface area contributed by atoms with Crippen molar-refractivity contribution in [2.75, 3.05) is 21.0 Å². The van der Waals surface area contributed by atoms with E-state index in [4.69, 9.17) is 30.5 Å². The molecule has 0 spiro atoms. The van der Waals surface area contributed by atoms with Crippen LogP contribution in [-0.2, 0) is 35.5 Å². The normalized spacial score (nSPS) is 12.3. The Hall–Kier alpha value is -4.69. The van der Waals surface area contributed by atoms with Crippen molar-refractivity contribution >= 4 is 23.4 Å². The Morgan fingerprint density at radius 3 is 2.26 bits per heavy atom. The van der Waals surface area contributed by atoms with E-state index >= 15 is 0 Å². The summed E-state index contributed by atoms with van der Waals surface area (Å²) >= 11 is 6.14. The summed E-state index contributed by atoms with van der Waals surface area (Å²) in [5, 5.41) is 3.64. The highest BCUT2D eigenvalue weighted by Crippen LogP contribution is 2.32. The first-order valence-corrected chi connectivity index (χ1v) is 14.3. The van der Waals surface area contributed by atoms with Gasteiger partial charge < -0.3 is 29.2 Å². The van der Waals surface area contributed by atoms with Crippen molar-refractivity contribution in [1.29, 1.82) is 0 Å². The minimum absolute atomic E-state index is 0.0642. The first-order chi connectivity index (χ1) is 20.9. The zero-order valence-corrected chi connectivity index (χ0v) is 24.8. The molecule has 4 aromatic carbocycles. The highest BCUT2D eigenvalue weighted by molar-refractivity contribution is 6.30. The maximum atomic E-state index is 14.1. The second kappa shape index (κ2) is 14.0. The quantitative estimate of drug-likeness (QED) is 0.228. The van der Waals surface area contributed by atoms with Gasteiger partial charge in [0.1, 0.15) is 6.04 Å². The number of nitrogens with one attached hydrogen (secondary N) is 1. The third kappa shape index (κ3) is 7.59. The number of carbonyl (C=O) groups is 2. The minimum atomic E-state index is -0.792. The van der Waals surface area contributed by atoms with Crippen LogP contribution < -0.4 is 24.3 Å². The van der Waals surface area contributed by atoms with Crippen LogP contribution >= 0.6 is 11.6 Å². The van der Waals surface area contributed by atoms with Crippen LogP contribution in [0.1, 0.15) is 22.3 Å². The highest BCUT2D eigenvalue weighted by Gasteiger charge is 2.30. The molecule has 43 heavy (non-hydrogen) atoms. The Labute approximate surface area is 256 Å². The smallest absolute Gasteiger partial charge is 0.243 e. The van der Waals surface area contributed by atoms with Crippen LogP contribution in [0.2, 0.25) is 5.02 Å². The van der Waals surface area contributed by atoms with Gasteiger partial charge in [-0.1, -0.05) is 66.2 Å². The largest absolute Gasteiger partial charge is 0.493 e. The molecule has 5 rings (SSSR count). The molecule has 0 fully saturated rings. The lowest BCUT2D eigenvalue weighted by Gasteiger charge is -2.32. The first-order valence-electron chi connectivity index (χ1n) is 13.9. The van der Waals surface area contributed by atoms with Gasteiger partial charge in [-0.15, -0.1) is 0 Å². The maximum Gasteiger partial charge on any atom is 0.243 e. The molecule has 0 aliphatic carbocycles. The Morgan fingerprint density at radius 1 is 0.814 bits per heavy atom. The van der Waals surface area contributed by atoms with Gasteiger partial charge in [0.05, 0.1) is 20.6 Å². The minimum Gasteiger partial charge on any atom is -0.493 e. The van der Waals surface area contributed by atoms with E-state index in [0.717, 1.165) is 22.3 Å². The third-order valence-corrected chi connectivity index (χ3v) is 7.50. The van der Waals surface area contributed by atoms with Gasteiger partial charge >= 0.3 is 0 Å². The van der Waals surface area contributed by atoms with Gasteiger partial charge in [-0.2, -0.15) is 0 Å². The number of carbonyl (C=O) groups excluding carboxylic acids is 2. The zero-order valence-electron chi connectivity index (χ0n) is 24.0. The maximum absolute atomic E-state index is 14.1. The zero-order chi connectivity index (χ0) is 30.2. The Balaban J connectivity index is 1.44. The van der Waals surface area contributed by atoms with E-state index in [-0.39, 0.29) is 38.1 Å². The molecule has 1 atom stereocenters. The average Bonchev–Trinajstić information content (AvgIpc) is 3.51. The molecule has 1 heterocycles. The van der Waals surface area contributed by atoms with E-state index in [0.29, 0.717) is 34.4 Å². The molecule has 0 aromatic heterocycles. The Bertz CT molecular complexity index is 1560. The average molecular weight is 601 g/mol. The summed E-state index contributed by atoms with van der Waals surface area (Å²) in [5.41, 5.74) is 3.39. The van der Waals surface area contributed by atoms with Crippen molar-refractivity contribution < 1.29 is 28.5 Å². The van der Waals surface area contributed by atoms with Crippen molar-refractivity contribution in [3.63, 3.8) is 0 Å². The molecule has 0 bridgehead atoms. The summed E-state index contributed by atoms with van der Waals surface area (Å²) in [4.78, 5) is 29.7. The second-order valence-corrected chi connectivity index (χ2v) is 10.6. The molecule has 0 radical (unpaired) electrons. The number of amides is 2.